The van der Waals surface area contributed by atoms with E-state index in [4.69, 9.17) is 18.0 Å². The molecule has 0 saturated heterocycles. The second kappa shape index (κ2) is 4.00. The minimum atomic E-state index is 0.460. The van der Waals surface area contributed by atoms with Crippen molar-refractivity contribution in [1.82, 2.24) is 9.72 Å². The van der Waals surface area contributed by atoms with Crippen molar-refractivity contribution in [3.05, 3.63) is 35.7 Å². The second-order valence-corrected chi connectivity index (χ2v) is 4.86. The molecule has 0 bridgehead atoms. The highest BCUT2D eigenvalue weighted by molar-refractivity contribution is 7.80. The van der Waals surface area contributed by atoms with Gasteiger partial charge in [-0.25, -0.2) is 0 Å². The van der Waals surface area contributed by atoms with Gasteiger partial charge in [-0.2, -0.15) is 5.26 Å². The number of aromatic nitrogens is 1. The molecule has 1 fully saturated rings. The van der Waals surface area contributed by atoms with Crippen LogP contribution in [0.15, 0.2) is 24.4 Å². The molecule has 18 heavy (non-hydrogen) atoms. The van der Waals surface area contributed by atoms with Crippen LogP contribution in [0, 0.1) is 11.3 Å². The molecule has 5 heteroatoms. The molecule has 0 spiro atoms. The summed E-state index contributed by atoms with van der Waals surface area (Å²) in [6.45, 7) is 0. The summed E-state index contributed by atoms with van der Waals surface area (Å²) in [7, 11) is 0. The van der Waals surface area contributed by atoms with Crippen LogP contribution in [0.2, 0.25) is 0 Å². The Morgan fingerprint density at radius 2 is 2.28 bits per heavy atom. The molecule has 2 aromatic rings. The Hall–Kier alpha value is -2.06. The average Bonchev–Trinajstić information content (AvgIpc) is 3.11. The zero-order chi connectivity index (χ0) is 12.7. The second-order valence-electron chi connectivity index (χ2n) is 4.45. The van der Waals surface area contributed by atoms with Crippen molar-refractivity contribution in [2.24, 2.45) is 0 Å². The van der Waals surface area contributed by atoms with Crippen LogP contribution in [0.1, 0.15) is 24.1 Å². The van der Waals surface area contributed by atoms with E-state index in [1.807, 2.05) is 28.8 Å². The largest absolute Gasteiger partial charge is 0.396 e. The van der Waals surface area contributed by atoms with Gasteiger partial charge in [-0.3, -0.25) is 0 Å². The number of hydrogen-bond acceptors (Lipinski definition) is 3. The van der Waals surface area contributed by atoms with Crippen LogP contribution in [0.4, 0.5) is 5.69 Å². The lowest BCUT2D eigenvalue weighted by Crippen LogP contribution is -2.26. The summed E-state index contributed by atoms with van der Waals surface area (Å²) in [6.07, 6.45) is 4.17. The van der Waals surface area contributed by atoms with E-state index in [0.29, 0.717) is 22.3 Å². The van der Waals surface area contributed by atoms with E-state index in [0.717, 1.165) is 24.1 Å². The summed E-state index contributed by atoms with van der Waals surface area (Å²) in [6, 6.07) is 8.28. The molecule has 2 aromatic heterocycles. The van der Waals surface area contributed by atoms with Crippen molar-refractivity contribution in [3.63, 3.8) is 0 Å². The fraction of sp³-hybridized carbons (Fsp3) is 0.231. The number of rotatable bonds is 2. The Balaban J connectivity index is 2.18. The quantitative estimate of drug-likeness (QED) is 0.804. The maximum Gasteiger partial charge on any atom is 0.126 e. The van der Waals surface area contributed by atoms with Gasteiger partial charge in [0.1, 0.15) is 22.3 Å². The third-order valence-corrected chi connectivity index (χ3v) is 3.43. The Kier molecular flexibility index (Phi) is 2.46. The van der Waals surface area contributed by atoms with Gasteiger partial charge in [0, 0.05) is 12.2 Å². The molecular formula is C13H12N4S. The van der Waals surface area contributed by atoms with Crippen molar-refractivity contribution in [2.75, 3.05) is 5.73 Å². The molecule has 2 heterocycles. The van der Waals surface area contributed by atoms with Gasteiger partial charge >= 0.3 is 0 Å². The third kappa shape index (κ3) is 1.62. The van der Waals surface area contributed by atoms with Gasteiger partial charge < -0.3 is 15.5 Å². The number of nitriles is 1. The van der Waals surface area contributed by atoms with Crippen LogP contribution in [-0.2, 0) is 0 Å². The number of thiocarbonyl (C=S) groups is 1. The van der Waals surface area contributed by atoms with Crippen LogP contribution in [0.5, 0.6) is 0 Å². The zero-order valence-corrected chi connectivity index (χ0v) is 10.5. The maximum absolute atomic E-state index is 9.20. The highest BCUT2D eigenvalue weighted by Crippen LogP contribution is 2.27. The Labute approximate surface area is 110 Å². The summed E-state index contributed by atoms with van der Waals surface area (Å²) in [5, 5.41) is 12.5. The molecule has 0 aromatic carbocycles. The number of nitrogens with two attached hydrogens (primary N) is 1. The van der Waals surface area contributed by atoms with Gasteiger partial charge in [0.05, 0.1) is 11.2 Å². The van der Waals surface area contributed by atoms with Gasteiger partial charge in [0.15, 0.2) is 0 Å². The molecule has 1 aliphatic carbocycles. The number of fused-ring (bicyclic) bond motifs is 1. The Morgan fingerprint density at radius 3 is 2.94 bits per heavy atom. The molecule has 1 aliphatic rings. The predicted molar refractivity (Wildman–Crippen MR) is 74.4 cm³/mol. The van der Waals surface area contributed by atoms with E-state index in [2.05, 4.69) is 11.4 Å². The molecule has 0 radical (unpaired) electrons. The minimum absolute atomic E-state index is 0.460. The van der Waals surface area contributed by atoms with E-state index in [-0.39, 0.29) is 0 Å². The SMILES string of the molecule is N#Cc1c(N)c(C(=S)NC2CC2)n2ccccc12. The first-order chi connectivity index (χ1) is 8.72. The lowest BCUT2D eigenvalue weighted by Gasteiger charge is -2.07. The zero-order valence-electron chi connectivity index (χ0n) is 9.68. The molecule has 4 nitrogen and oxygen atoms in total. The highest BCUT2D eigenvalue weighted by atomic mass is 32.1. The average molecular weight is 256 g/mol. The maximum atomic E-state index is 9.20. The lowest BCUT2D eigenvalue weighted by atomic mass is 10.2. The van der Waals surface area contributed by atoms with E-state index in [1.165, 1.54) is 0 Å². The first-order valence-electron chi connectivity index (χ1n) is 5.82. The first kappa shape index (κ1) is 11.1. The summed E-state index contributed by atoms with van der Waals surface area (Å²) >= 11 is 5.39. The number of hydrogen-bond donors (Lipinski definition) is 2. The van der Waals surface area contributed by atoms with Gasteiger partial charge in [0.25, 0.3) is 0 Å². The van der Waals surface area contributed by atoms with E-state index in [1.54, 1.807) is 0 Å². The van der Waals surface area contributed by atoms with Gasteiger partial charge in [-0.05, 0) is 25.0 Å². The molecule has 3 rings (SSSR count). The fourth-order valence-corrected chi connectivity index (χ4v) is 2.43. The van der Waals surface area contributed by atoms with E-state index >= 15 is 0 Å². The number of nitrogen functional groups attached to an aromatic ring is 1. The highest BCUT2D eigenvalue weighted by Gasteiger charge is 2.25. The summed E-state index contributed by atoms with van der Waals surface area (Å²) in [5.41, 5.74) is 8.53. The van der Waals surface area contributed by atoms with Crippen LogP contribution in [-0.4, -0.2) is 15.4 Å². The Bertz CT molecular complexity index is 676. The molecular weight excluding hydrogens is 244 g/mol. The number of anilines is 1. The molecule has 90 valence electrons. The normalized spacial score (nSPS) is 14.4. The monoisotopic (exact) mass is 256 g/mol. The molecule has 3 N–H and O–H groups in total. The van der Waals surface area contributed by atoms with Crippen molar-refractivity contribution in [2.45, 2.75) is 18.9 Å². The van der Waals surface area contributed by atoms with E-state index < -0.39 is 0 Å². The first-order valence-corrected chi connectivity index (χ1v) is 6.22. The molecule has 0 atom stereocenters. The number of pyridine rings is 1. The van der Waals surface area contributed by atoms with Crippen LogP contribution in [0.3, 0.4) is 0 Å². The van der Waals surface area contributed by atoms with E-state index in [9.17, 15) is 5.26 Å². The number of nitrogens with zero attached hydrogens (tertiary/aromatic N) is 2. The predicted octanol–water partition coefficient (Wildman–Crippen LogP) is 1.82. The van der Waals surface area contributed by atoms with Crippen molar-refractivity contribution in [3.8, 4) is 6.07 Å². The fourth-order valence-electron chi connectivity index (χ4n) is 2.06. The standard InChI is InChI=1S/C13H12N4S/c14-7-9-10-3-1-2-6-17(10)12(11(9)15)13(18)16-8-4-5-8/h1-3,6,8H,4-5,15H2,(H,16,18). The van der Waals surface area contributed by atoms with Crippen molar-refractivity contribution in [1.29, 1.82) is 5.26 Å². The summed E-state index contributed by atoms with van der Waals surface area (Å²) in [4.78, 5) is 0.623. The summed E-state index contributed by atoms with van der Waals surface area (Å²) in [5.74, 6) is 0. The smallest absolute Gasteiger partial charge is 0.126 e. The number of nitrogens with one attached hydrogen (secondary N) is 1. The lowest BCUT2D eigenvalue weighted by molar-refractivity contribution is 0.915. The topological polar surface area (TPSA) is 66.2 Å². The van der Waals surface area contributed by atoms with Crippen molar-refractivity contribution >= 4 is 28.4 Å². The molecule has 1 saturated carbocycles. The van der Waals surface area contributed by atoms with Crippen LogP contribution in [0.25, 0.3) is 5.52 Å². The molecule has 0 amide bonds. The molecule has 0 unspecified atom stereocenters. The summed E-state index contributed by atoms with van der Waals surface area (Å²) < 4.78 is 1.88. The Morgan fingerprint density at radius 1 is 1.50 bits per heavy atom. The molecule has 0 aliphatic heterocycles. The van der Waals surface area contributed by atoms with Gasteiger partial charge in [-0.15, -0.1) is 0 Å². The third-order valence-electron chi connectivity index (χ3n) is 3.12. The van der Waals surface area contributed by atoms with Gasteiger partial charge in [0.2, 0.25) is 0 Å². The minimum Gasteiger partial charge on any atom is -0.396 e. The van der Waals surface area contributed by atoms with Crippen LogP contribution >= 0.6 is 12.2 Å². The van der Waals surface area contributed by atoms with Crippen molar-refractivity contribution < 1.29 is 0 Å². The van der Waals surface area contributed by atoms with Gasteiger partial charge in [-0.1, -0.05) is 18.3 Å². The van der Waals surface area contributed by atoms with Crippen LogP contribution < -0.4 is 11.1 Å².